The number of ether oxygens (including phenoxy) is 1. The van der Waals surface area contributed by atoms with Crippen LogP contribution in [0.25, 0.3) is 0 Å². The standard InChI is InChI=1S/C11H5Cl3O3S/c12-6-2-8(14)9(3-7(6)13)17-5-1-10(11(15)16)18-4-5/h1-4H,(H,15,16). The Kier molecular flexibility index (Phi) is 4.02. The number of thiophene rings is 1. The van der Waals surface area contributed by atoms with Crippen molar-refractivity contribution in [2.75, 3.05) is 0 Å². The van der Waals surface area contributed by atoms with Crippen molar-refractivity contribution in [1.29, 1.82) is 0 Å². The third kappa shape index (κ3) is 2.90. The highest BCUT2D eigenvalue weighted by molar-refractivity contribution is 7.12. The van der Waals surface area contributed by atoms with Crippen LogP contribution in [0.4, 0.5) is 0 Å². The molecule has 0 unspecified atom stereocenters. The highest BCUT2D eigenvalue weighted by Crippen LogP contribution is 2.37. The molecule has 2 rings (SSSR count). The first kappa shape index (κ1) is 13.5. The van der Waals surface area contributed by atoms with Crippen LogP contribution in [-0.2, 0) is 0 Å². The van der Waals surface area contributed by atoms with E-state index in [0.29, 0.717) is 26.6 Å². The molecule has 1 aromatic heterocycles. The SMILES string of the molecule is O=C(O)c1cc(Oc2cc(Cl)c(Cl)cc2Cl)cs1. The van der Waals surface area contributed by atoms with Crippen LogP contribution < -0.4 is 4.74 Å². The molecule has 3 nitrogen and oxygen atoms in total. The van der Waals surface area contributed by atoms with Crippen molar-refractivity contribution in [3.8, 4) is 11.5 Å². The molecule has 1 N–H and O–H groups in total. The molecule has 0 saturated heterocycles. The van der Waals surface area contributed by atoms with Crippen LogP contribution in [0.5, 0.6) is 11.5 Å². The monoisotopic (exact) mass is 322 g/mol. The van der Waals surface area contributed by atoms with E-state index in [4.69, 9.17) is 44.6 Å². The molecule has 94 valence electrons. The molecule has 0 spiro atoms. The molecule has 0 amide bonds. The molecule has 2 aromatic rings. The number of hydrogen-bond acceptors (Lipinski definition) is 3. The van der Waals surface area contributed by atoms with Crippen LogP contribution in [0.15, 0.2) is 23.6 Å². The minimum absolute atomic E-state index is 0.182. The van der Waals surface area contributed by atoms with Gasteiger partial charge >= 0.3 is 5.97 Å². The van der Waals surface area contributed by atoms with E-state index in [0.717, 1.165) is 11.3 Å². The Morgan fingerprint density at radius 2 is 1.78 bits per heavy atom. The average molecular weight is 324 g/mol. The molecule has 18 heavy (non-hydrogen) atoms. The minimum atomic E-state index is -1.00. The molecular formula is C11H5Cl3O3S. The van der Waals surface area contributed by atoms with Crippen LogP contribution in [0.3, 0.4) is 0 Å². The molecule has 0 aliphatic carbocycles. The number of hydrogen-bond donors (Lipinski definition) is 1. The topological polar surface area (TPSA) is 46.5 Å². The van der Waals surface area contributed by atoms with Gasteiger partial charge in [-0.15, -0.1) is 11.3 Å². The summed E-state index contributed by atoms with van der Waals surface area (Å²) in [4.78, 5) is 10.9. The largest absolute Gasteiger partial charge is 0.477 e. The Bertz CT molecular complexity index is 610. The fourth-order valence-corrected chi connectivity index (χ4v) is 2.41. The molecule has 0 fully saturated rings. The maximum absolute atomic E-state index is 10.7. The first-order valence-electron chi connectivity index (χ1n) is 4.61. The summed E-state index contributed by atoms with van der Waals surface area (Å²) in [5.74, 6) is -0.298. The summed E-state index contributed by atoms with van der Waals surface area (Å²) in [6.07, 6.45) is 0. The Morgan fingerprint density at radius 1 is 1.11 bits per heavy atom. The average Bonchev–Trinajstić information content (AvgIpc) is 2.74. The van der Waals surface area contributed by atoms with Crippen LogP contribution in [0.1, 0.15) is 9.67 Å². The van der Waals surface area contributed by atoms with Gasteiger partial charge in [0.1, 0.15) is 16.4 Å². The Labute approximate surface area is 121 Å². The quantitative estimate of drug-likeness (QED) is 0.790. The van der Waals surface area contributed by atoms with Gasteiger partial charge in [0.25, 0.3) is 0 Å². The number of carboxylic acid groups (broad SMARTS) is 1. The first-order valence-corrected chi connectivity index (χ1v) is 6.63. The summed E-state index contributed by atoms with van der Waals surface area (Å²) in [6.45, 7) is 0. The first-order chi connectivity index (χ1) is 8.47. The van der Waals surface area contributed by atoms with E-state index in [1.165, 1.54) is 18.2 Å². The van der Waals surface area contributed by atoms with Gasteiger partial charge in [-0.25, -0.2) is 4.79 Å². The van der Waals surface area contributed by atoms with Crippen molar-refractivity contribution in [1.82, 2.24) is 0 Å². The van der Waals surface area contributed by atoms with Gasteiger partial charge in [-0.1, -0.05) is 34.8 Å². The maximum atomic E-state index is 10.7. The predicted molar refractivity (Wildman–Crippen MR) is 72.8 cm³/mol. The lowest BCUT2D eigenvalue weighted by Crippen LogP contribution is -1.90. The van der Waals surface area contributed by atoms with E-state index < -0.39 is 5.97 Å². The van der Waals surface area contributed by atoms with Gasteiger partial charge in [0, 0.05) is 17.5 Å². The van der Waals surface area contributed by atoms with Crippen LogP contribution in [0.2, 0.25) is 15.1 Å². The van der Waals surface area contributed by atoms with Crippen LogP contribution in [0, 0.1) is 0 Å². The van der Waals surface area contributed by atoms with E-state index in [2.05, 4.69) is 0 Å². The molecule has 1 heterocycles. The van der Waals surface area contributed by atoms with E-state index >= 15 is 0 Å². The summed E-state index contributed by atoms with van der Waals surface area (Å²) in [6, 6.07) is 4.35. The van der Waals surface area contributed by atoms with Crippen molar-refractivity contribution < 1.29 is 14.6 Å². The van der Waals surface area contributed by atoms with Crippen molar-refractivity contribution in [2.45, 2.75) is 0 Å². The van der Waals surface area contributed by atoms with Crippen molar-refractivity contribution in [3.63, 3.8) is 0 Å². The predicted octanol–water partition coefficient (Wildman–Crippen LogP) is 5.20. The lowest BCUT2D eigenvalue weighted by Gasteiger charge is -2.06. The van der Waals surface area contributed by atoms with E-state index in [1.807, 2.05) is 0 Å². The van der Waals surface area contributed by atoms with Gasteiger partial charge in [-0.3, -0.25) is 0 Å². The normalized spacial score (nSPS) is 10.4. The third-order valence-corrected chi connectivity index (χ3v) is 3.90. The summed E-state index contributed by atoms with van der Waals surface area (Å²) < 4.78 is 5.45. The molecule has 0 radical (unpaired) electrons. The minimum Gasteiger partial charge on any atom is -0.477 e. The number of aromatic carboxylic acids is 1. The molecular weight excluding hydrogens is 319 g/mol. The summed E-state index contributed by atoms with van der Waals surface area (Å²) in [5, 5.41) is 11.3. The van der Waals surface area contributed by atoms with Crippen molar-refractivity contribution in [3.05, 3.63) is 43.5 Å². The highest BCUT2D eigenvalue weighted by atomic mass is 35.5. The summed E-state index contributed by atoms with van der Waals surface area (Å²) in [5.41, 5.74) is 0. The van der Waals surface area contributed by atoms with Crippen molar-refractivity contribution in [2.24, 2.45) is 0 Å². The highest BCUT2D eigenvalue weighted by Gasteiger charge is 2.11. The van der Waals surface area contributed by atoms with E-state index in [-0.39, 0.29) is 4.88 Å². The Balaban J connectivity index is 2.28. The number of rotatable bonds is 3. The fourth-order valence-electron chi connectivity index (χ4n) is 1.19. The zero-order valence-electron chi connectivity index (χ0n) is 8.62. The van der Waals surface area contributed by atoms with Crippen LogP contribution >= 0.6 is 46.1 Å². The van der Waals surface area contributed by atoms with E-state index in [1.54, 1.807) is 5.38 Å². The fraction of sp³-hybridized carbons (Fsp3) is 0. The smallest absolute Gasteiger partial charge is 0.346 e. The van der Waals surface area contributed by atoms with E-state index in [9.17, 15) is 4.79 Å². The van der Waals surface area contributed by atoms with Crippen LogP contribution in [-0.4, -0.2) is 11.1 Å². The van der Waals surface area contributed by atoms with Gasteiger partial charge in [0.05, 0.1) is 15.1 Å². The van der Waals surface area contributed by atoms with Crippen molar-refractivity contribution >= 4 is 52.1 Å². The molecule has 0 atom stereocenters. The Morgan fingerprint density at radius 3 is 2.39 bits per heavy atom. The molecule has 0 aliphatic heterocycles. The summed E-state index contributed by atoms with van der Waals surface area (Å²) in [7, 11) is 0. The molecule has 0 bridgehead atoms. The van der Waals surface area contributed by atoms with Gasteiger partial charge < -0.3 is 9.84 Å². The zero-order valence-corrected chi connectivity index (χ0v) is 11.7. The number of halogens is 3. The second-order valence-corrected chi connectivity index (χ2v) is 5.38. The molecule has 0 saturated carbocycles. The summed E-state index contributed by atoms with van der Waals surface area (Å²) >= 11 is 18.6. The number of carboxylic acids is 1. The van der Waals surface area contributed by atoms with Gasteiger partial charge in [0.2, 0.25) is 0 Å². The second kappa shape index (κ2) is 5.36. The lowest BCUT2D eigenvalue weighted by atomic mass is 10.3. The molecule has 1 aromatic carbocycles. The van der Waals surface area contributed by atoms with Gasteiger partial charge in [0.15, 0.2) is 0 Å². The number of carbonyl (C=O) groups is 1. The van der Waals surface area contributed by atoms with Gasteiger partial charge in [-0.2, -0.15) is 0 Å². The zero-order chi connectivity index (χ0) is 13.3. The Hall–Kier alpha value is -0.940. The molecule has 0 aliphatic rings. The van der Waals surface area contributed by atoms with Gasteiger partial charge in [-0.05, 0) is 6.07 Å². The third-order valence-electron chi connectivity index (χ3n) is 1.99. The number of benzene rings is 1. The second-order valence-electron chi connectivity index (χ2n) is 3.25. The lowest BCUT2D eigenvalue weighted by molar-refractivity contribution is 0.0702. The molecule has 7 heteroatoms. The maximum Gasteiger partial charge on any atom is 0.346 e.